The second kappa shape index (κ2) is 5.35. The lowest BCUT2D eigenvalue weighted by molar-refractivity contribution is 0.470. The van der Waals surface area contributed by atoms with Crippen LogP contribution in [0.2, 0.25) is 5.02 Å². The van der Waals surface area contributed by atoms with Gasteiger partial charge in [0.2, 0.25) is 0 Å². The second-order valence-corrected chi connectivity index (χ2v) is 5.45. The summed E-state index contributed by atoms with van der Waals surface area (Å²) in [5.41, 5.74) is 1.98. The molecule has 20 heavy (non-hydrogen) atoms. The Morgan fingerprint density at radius 1 is 1.15 bits per heavy atom. The first-order valence-electron chi connectivity index (χ1n) is 6.15. The summed E-state index contributed by atoms with van der Waals surface area (Å²) in [7, 11) is 0. The topological polar surface area (TPSA) is 22.1 Å². The van der Waals surface area contributed by atoms with E-state index < -0.39 is 0 Å². The van der Waals surface area contributed by atoms with E-state index in [1.165, 1.54) is 0 Å². The lowest BCUT2D eigenvalue weighted by Gasteiger charge is -2.11. The quantitative estimate of drug-likeness (QED) is 0.651. The van der Waals surface area contributed by atoms with E-state index in [4.69, 9.17) is 16.3 Å². The van der Waals surface area contributed by atoms with Gasteiger partial charge >= 0.3 is 0 Å². The maximum Gasteiger partial charge on any atom is 0.159 e. The molecule has 0 aliphatic rings. The smallest absolute Gasteiger partial charge is 0.159 e. The lowest BCUT2D eigenvalue weighted by atomic mass is 10.2. The standard InChI is InChI=1S/C16H12ClNOS/c1-10-6-13(17)16(15(20)7-10)19-12-8-11-4-2-3-5-14(11)18-9-12/h2-9,20H,1H3. The molecule has 100 valence electrons. The van der Waals surface area contributed by atoms with E-state index in [1.54, 1.807) is 6.20 Å². The monoisotopic (exact) mass is 301 g/mol. The molecule has 0 N–H and O–H groups in total. The fourth-order valence-electron chi connectivity index (χ4n) is 2.04. The normalized spacial score (nSPS) is 10.8. The van der Waals surface area contributed by atoms with Crippen LogP contribution in [-0.2, 0) is 0 Å². The van der Waals surface area contributed by atoms with Gasteiger partial charge in [-0.05, 0) is 36.8 Å². The van der Waals surface area contributed by atoms with Crippen molar-refractivity contribution in [2.45, 2.75) is 11.8 Å². The average molecular weight is 302 g/mol. The molecule has 2 aromatic carbocycles. The van der Waals surface area contributed by atoms with Crippen LogP contribution in [0.3, 0.4) is 0 Å². The molecule has 0 saturated heterocycles. The molecule has 1 aromatic heterocycles. The number of ether oxygens (including phenoxy) is 1. The number of hydrogen-bond acceptors (Lipinski definition) is 3. The predicted molar refractivity (Wildman–Crippen MR) is 85.3 cm³/mol. The summed E-state index contributed by atoms with van der Waals surface area (Å²) in [5, 5.41) is 1.57. The minimum Gasteiger partial charge on any atom is -0.453 e. The van der Waals surface area contributed by atoms with Gasteiger partial charge in [-0.25, -0.2) is 0 Å². The van der Waals surface area contributed by atoms with Gasteiger partial charge in [-0.2, -0.15) is 0 Å². The van der Waals surface area contributed by atoms with Crippen LogP contribution in [0, 0.1) is 6.92 Å². The summed E-state index contributed by atoms with van der Waals surface area (Å²) in [4.78, 5) is 5.07. The highest BCUT2D eigenvalue weighted by Gasteiger charge is 2.09. The van der Waals surface area contributed by atoms with Gasteiger partial charge in [0.05, 0.1) is 16.7 Å². The summed E-state index contributed by atoms with van der Waals surface area (Å²) >= 11 is 10.6. The van der Waals surface area contributed by atoms with Crippen LogP contribution < -0.4 is 4.74 Å². The fourth-order valence-corrected chi connectivity index (χ4v) is 2.78. The average Bonchev–Trinajstić information content (AvgIpc) is 2.42. The number of benzene rings is 2. The molecule has 0 radical (unpaired) electrons. The van der Waals surface area contributed by atoms with Gasteiger partial charge in [-0.3, -0.25) is 4.98 Å². The zero-order chi connectivity index (χ0) is 14.1. The van der Waals surface area contributed by atoms with E-state index in [-0.39, 0.29) is 0 Å². The second-order valence-electron chi connectivity index (χ2n) is 4.56. The van der Waals surface area contributed by atoms with Gasteiger partial charge < -0.3 is 4.74 Å². The molecule has 3 rings (SSSR count). The van der Waals surface area contributed by atoms with Crippen molar-refractivity contribution in [3.63, 3.8) is 0 Å². The Balaban J connectivity index is 2.01. The van der Waals surface area contributed by atoms with Gasteiger partial charge in [0.1, 0.15) is 5.75 Å². The van der Waals surface area contributed by atoms with Gasteiger partial charge in [-0.15, -0.1) is 12.6 Å². The van der Waals surface area contributed by atoms with Gasteiger partial charge in [0.15, 0.2) is 5.75 Å². The van der Waals surface area contributed by atoms with Crippen LogP contribution >= 0.6 is 24.2 Å². The van der Waals surface area contributed by atoms with E-state index in [0.717, 1.165) is 16.5 Å². The Morgan fingerprint density at radius 2 is 1.95 bits per heavy atom. The first-order valence-corrected chi connectivity index (χ1v) is 6.98. The number of para-hydroxylation sites is 1. The van der Waals surface area contributed by atoms with Crippen molar-refractivity contribution >= 4 is 35.1 Å². The van der Waals surface area contributed by atoms with E-state index in [1.807, 2.05) is 49.4 Å². The van der Waals surface area contributed by atoms with Crippen LogP contribution in [0.25, 0.3) is 10.9 Å². The van der Waals surface area contributed by atoms with E-state index in [9.17, 15) is 0 Å². The van der Waals surface area contributed by atoms with Crippen LogP contribution in [0.1, 0.15) is 5.56 Å². The number of rotatable bonds is 2. The van der Waals surface area contributed by atoms with Gasteiger partial charge in [0, 0.05) is 10.3 Å². The van der Waals surface area contributed by atoms with Crippen LogP contribution in [0.5, 0.6) is 11.5 Å². The Morgan fingerprint density at radius 3 is 2.75 bits per heavy atom. The van der Waals surface area contributed by atoms with E-state index >= 15 is 0 Å². The molecule has 0 spiro atoms. The molecule has 0 bridgehead atoms. The largest absolute Gasteiger partial charge is 0.453 e. The Labute approximate surface area is 127 Å². The number of halogens is 1. The molecule has 0 aliphatic carbocycles. The molecule has 0 atom stereocenters. The van der Waals surface area contributed by atoms with Crippen molar-refractivity contribution in [1.82, 2.24) is 4.98 Å². The Hall–Kier alpha value is -1.71. The number of pyridine rings is 1. The molecule has 4 heteroatoms. The van der Waals surface area contributed by atoms with Crippen LogP contribution in [0.4, 0.5) is 0 Å². The first-order chi connectivity index (χ1) is 9.63. The third-order valence-electron chi connectivity index (χ3n) is 2.95. The maximum atomic E-state index is 6.21. The van der Waals surface area contributed by atoms with Crippen molar-refractivity contribution < 1.29 is 4.74 Å². The highest BCUT2D eigenvalue weighted by molar-refractivity contribution is 7.80. The molecule has 0 amide bonds. The number of aryl methyl sites for hydroxylation is 1. The van der Waals surface area contributed by atoms with Crippen molar-refractivity contribution in [2.75, 3.05) is 0 Å². The molecule has 3 aromatic rings. The molecule has 2 nitrogen and oxygen atoms in total. The summed E-state index contributed by atoms with van der Waals surface area (Å²) in [5.74, 6) is 1.20. The van der Waals surface area contributed by atoms with Gasteiger partial charge in [0.25, 0.3) is 0 Å². The van der Waals surface area contributed by atoms with Crippen molar-refractivity contribution in [2.24, 2.45) is 0 Å². The first kappa shape index (κ1) is 13.3. The summed E-state index contributed by atoms with van der Waals surface area (Å²) in [6, 6.07) is 13.6. The Kier molecular flexibility index (Phi) is 3.55. The highest BCUT2D eigenvalue weighted by Crippen LogP contribution is 2.36. The fraction of sp³-hybridized carbons (Fsp3) is 0.0625. The van der Waals surface area contributed by atoms with E-state index in [2.05, 4.69) is 17.6 Å². The molecule has 0 saturated carbocycles. The number of fused-ring (bicyclic) bond motifs is 1. The minimum atomic E-state index is 0.545. The predicted octanol–water partition coefficient (Wildman–Crippen LogP) is 5.28. The number of nitrogens with zero attached hydrogens (tertiary/aromatic N) is 1. The summed E-state index contributed by atoms with van der Waals surface area (Å²) in [6.07, 6.45) is 1.69. The van der Waals surface area contributed by atoms with Gasteiger partial charge in [-0.1, -0.05) is 29.8 Å². The maximum absolute atomic E-state index is 6.21. The van der Waals surface area contributed by atoms with E-state index in [0.29, 0.717) is 21.4 Å². The zero-order valence-corrected chi connectivity index (χ0v) is 12.4. The van der Waals surface area contributed by atoms with Crippen LogP contribution in [0.15, 0.2) is 53.6 Å². The lowest BCUT2D eigenvalue weighted by Crippen LogP contribution is -1.90. The third kappa shape index (κ3) is 2.60. The highest BCUT2D eigenvalue weighted by atomic mass is 35.5. The van der Waals surface area contributed by atoms with Crippen molar-refractivity contribution in [1.29, 1.82) is 0 Å². The summed E-state index contributed by atoms with van der Waals surface area (Å²) < 4.78 is 5.83. The molecule has 0 aliphatic heterocycles. The molecule has 0 unspecified atom stereocenters. The van der Waals surface area contributed by atoms with Crippen molar-refractivity contribution in [3.05, 3.63) is 59.2 Å². The Bertz CT molecular complexity index is 765. The molecular weight excluding hydrogens is 290 g/mol. The number of hydrogen-bond donors (Lipinski definition) is 1. The zero-order valence-electron chi connectivity index (χ0n) is 10.8. The molecule has 0 fully saturated rings. The number of thiol groups is 1. The molecule has 1 heterocycles. The SMILES string of the molecule is Cc1cc(S)c(Oc2cnc3ccccc3c2)c(Cl)c1. The number of aromatic nitrogens is 1. The third-order valence-corrected chi connectivity index (χ3v) is 3.57. The summed E-state index contributed by atoms with van der Waals surface area (Å²) in [6.45, 7) is 1.97. The van der Waals surface area contributed by atoms with Crippen molar-refractivity contribution in [3.8, 4) is 11.5 Å². The minimum absolute atomic E-state index is 0.545. The van der Waals surface area contributed by atoms with Crippen LogP contribution in [-0.4, -0.2) is 4.98 Å². The molecular formula is C16H12ClNOS.